The number of carbonyl (C=O) groups excluding carboxylic acids is 1. The number of ether oxygens (including phenoxy) is 1. The van der Waals surface area contributed by atoms with E-state index in [0.717, 1.165) is 4.88 Å². The van der Waals surface area contributed by atoms with Gasteiger partial charge in [-0.15, -0.1) is 11.3 Å². The Morgan fingerprint density at radius 1 is 1.32 bits per heavy atom. The Hall–Kier alpha value is -2.86. The van der Waals surface area contributed by atoms with E-state index in [1.165, 1.54) is 11.0 Å². The zero-order valence-electron chi connectivity index (χ0n) is 13.9. The summed E-state index contributed by atoms with van der Waals surface area (Å²) >= 11 is 1.65. The minimum atomic E-state index is -0.167. The Balaban J connectivity index is 1.52. The van der Waals surface area contributed by atoms with Crippen molar-refractivity contribution < 1.29 is 9.53 Å². The molecule has 128 valence electrons. The van der Waals surface area contributed by atoms with E-state index >= 15 is 0 Å². The van der Waals surface area contributed by atoms with Gasteiger partial charge in [-0.25, -0.2) is 0 Å². The van der Waals surface area contributed by atoms with Crippen LogP contribution in [0.5, 0.6) is 5.75 Å². The standard InChI is InChI=1S/C19H19N3O2S/c1-15-6-7-18(25-15)8-9-19(23)21-16-4-2-5-17(14-16)24-13-12-22-11-3-10-20-22/h2-11,14H,12-13H2,1H3,(H,21,23). The summed E-state index contributed by atoms with van der Waals surface area (Å²) < 4.78 is 7.51. The Labute approximate surface area is 150 Å². The van der Waals surface area contributed by atoms with Crippen LogP contribution in [-0.4, -0.2) is 22.3 Å². The Kier molecular flexibility index (Phi) is 5.64. The van der Waals surface area contributed by atoms with Gasteiger partial charge in [0.15, 0.2) is 0 Å². The van der Waals surface area contributed by atoms with Crippen LogP contribution in [-0.2, 0) is 11.3 Å². The van der Waals surface area contributed by atoms with Crippen LogP contribution in [0.4, 0.5) is 5.69 Å². The Morgan fingerprint density at radius 3 is 3.00 bits per heavy atom. The molecule has 1 amide bonds. The molecule has 0 bridgehead atoms. The van der Waals surface area contributed by atoms with Crippen molar-refractivity contribution in [3.63, 3.8) is 0 Å². The Morgan fingerprint density at radius 2 is 2.24 bits per heavy atom. The van der Waals surface area contributed by atoms with E-state index in [2.05, 4.69) is 10.4 Å². The lowest BCUT2D eigenvalue weighted by Gasteiger charge is -2.08. The predicted molar refractivity (Wildman–Crippen MR) is 101 cm³/mol. The van der Waals surface area contributed by atoms with Crippen LogP contribution in [0, 0.1) is 6.92 Å². The monoisotopic (exact) mass is 353 g/mol. The largest absolute Gasteiger partial charge is 0.492 e. The van der Waals surface area contributed by atoms with Gasteiger partial charge in [-0.1, -0.05) is 6.07 Å². The van der Waals surface area contributed by atoms with E-state index in [0.29, 0.717) is 24.6 Å². The van der Waals surface area contributed by atoms with E-state index in [1.54, 1.807) is 17.5 Å². The first-order valence-corrected chi connectivity index (χ1v) is 8.76. The van der Waals surface area contributed by atoms with Gasteiger partial charge in [0.05, 0.1) is 6.54 Å². The molecule has 1 aromatic carbocycles. The van der Waals surface area contributed by atoms with Crippen molar-refractivity contribution in [3.05, 3.63) is 70.7 Å². The fourth-order valence-corrected chi connectivity index (χ4v) is 3.02. The van der Waals surface area contributed by atoms with E-state index < -0.39 is 0 Å². The lowest BCUT2D eigenvalue weighted by molar-refractivity contribution is -0.111. The first-order chi connectivity index (χ1) is 12.2. The Bertz CT molecular complexity index is 853. The third kappa shape index (κ3) is 5.32. The third-order valence-electron chi connectivity index (χ3n) is 3.41. The number of carbonyl (C=O) groups is 1. The van der Waals surface area contributed by atoms with Crippen LogP contribution in [0.15, 0.2) is 60.9 Å². The molecule has 3 rings (SSSR count). The maximum atomic E-state index is 12.0. The molecule has 3 aromatic rings. The molecule has 0 saturated heterocycles. The highest BCUT2D eigenvalue weighted by Gasteiger charge is 2.01. The topological polar surface area (TPSA) is 56.1 Å². The first-order valence-electron chi connectivity index (χ1n) is 7.95. The zero-order valence-corrected chi connectivity index (χ0v) is 14.7. The third-order valence-corrected chi connectivity index (χ3v) is 4.38. The van der Waals surface area contributed by atoms with Gasteiger partial charge in [-0.05, 0) is 43.3 Å². The molecule has 2 aromatic heterocycles. The number of nitrogens with one attached hydrogen (secondary N) is 1. The molecule has 0 aliphatic rings. The number of thiophene rings is 1. The number of amides is 1. The zero-order chi connectivity index (χ0) is 17.5. The summed E-state index contributed by atoms with van der Waals surface area (Å²) in [6.07, 6.45) is 6.98. The van der Waals surface area contributed by atoms with Crippen LogP contribution < -0.4 is 10.1 Å². The van der Waals surface area contributed by atoms with Crippen LogP contribution in [0.25, 0.3) is 6.08 Å². The molecule has 25 heavy (non-hydrogen) atoms. The van der Waals surface area contributed by atoms with Crippen molar-refractivity contribution in [3.8, 4) is 5.75 Å². The smallest absolute Gasteiger partial charge is 0.248 e. The van der Waals surface area contributed by atoms with Crippen molar-refractivity contribution in [2.24, 2.45) is 0 Å². The van der Waals surface area contributed by atoms with Gasteiger partial charge >= 0.3 is 0 Å². The van der Waals surface area contributed by atoms with E-state index in [4.69, 9.17) is 4.74 Å². The highest BCUT2D eigenvalue weighted by atomic mass is 32.1. The fourth-order valence-electron chi connectivity index (χ4n) is 2.24. The lowest BCUT2D eigenvalue weighted by Crippen LogP contribution is -2.09. The SMILES string of the molecule is Cc1ccc(C=CC(=O)Nc2cccc(OCCn3cccn3)c2)s1. The summed E-state index contributed by atoms with van der Waals surface area (Å²) in [5.41, 5.74) is 0.702. The van der Waals surface area contributed by atoms with Crippen LogP contribution >= 0.6 is 11.3 Å². The van der Waals surface area contributed by atoms with E-state index in [9.17, 15) is 4.79 Å². The minimum absolute atomic E-state index is 0.167. The quantitative estimate of drug-likeness (QED) is 0.654. The number of anilines is 1. The highest BCUT2D eigenvalue weighted by molar-refractivity contribution is 7.12. The summed E-state index contributed by atoms with van der Waals surface area (Å²) in [5, 5.41) is 6.97. The molecule has 0 atom stereocenters. The molecule has 0 fully saturated rings. The average Bonchev–Trinajstić information content (AvgIpc) is 3.25. The molecule has 2 heterocycles. The van der Waals surface area contributed by atoms with Crippen LogP contribution in [0.2, 0.25) is 0 Å². The minimum Gasteiger partial charge on any atom is -0.492 e. The number of rotatable bonds is 7. The second-order valence-corrected chi connectivity index (χ2v) is 6.74. The summed E-state index contributed by atoms with van der Waals surface area (Å²) in [7, 11) is 0. The molecule has 0 aliphatic carbocycles. The van der Waals surface area contributed by atoms with Gasteiger partial charge in [-0.3, -0.25) is 9.48 Å². The van der Waals surface area contributed by atoms with Crippen LogP contribution in [0.1, 0.15) is 9.75 Å². The van der Waals surface area contributed by atoms with Crippen molar-refractivity contribution >= 4 is 29.0 Å². The average molecular weight is 353 g/mol. The molecule has 0 aliphatic heterocycles. The van der Waals surface area contributed by atoms with Crippen molar-refractivity contribution in [2.45, 2.75) is 13.5 Å². The van der Waals surface area contributed by atoms with Gasteiger partial charge in [0.2, 0.25) is 5.91 Å². The number of benzene rings is 1. The molecule has 5 nitrogen and oxygen atoms in total. The summed E-state index contributed by atoms with van der Waals surface area (Å²) in [5.74, 6) is 0.544. The molecular weight excluding hydrogens is 334 g/mol. The maximum absolute atomic E-state index is 12.0. The fraction of sp³-hybridized carbons (Fsp3) is 0.158. The van der Waals surface area contributed by atoms with Gasteiger partial charge in [0.25, 0.3) is 0 Å². The first kappa shape index (κ1) is 17.0. The van der Waals surface area contributed by atoms with E-state index in [1.807, 2.05) is 66.3 Å². The summed E-state index contributed by atoms with van der Waals surface area (Å²) in [6.45, 7) is 3.23. The molecule has 0 spiro atoms. The molecule has 1 N–H and O–H groups in total. The second-order valence-electron chi connectivity index (χ2n) is 5.42. The number of aryl methyl sites for hydroxylation is 1. The normalized spacial score (nSPS) is 10.9. The number of aromatic nitrogens is 2. The van der Waals surface area contributed by atoms with Gasteiger partial charge in [-0.2, -0.15) is 5.10 Å². The predicted octanol–water partition coefficient (Wildman–Crippen LogP) is 3.98. The molecule has 6 heteroatoms. The number of hydrogen-bond donors (Lipinski definition) is 1. The lowest BCUT2D eigenvalue weighted by atomic mass is 10.3. The van der Waals surface area contributed by atoms with Crippen molar-refractivity contribution in [1.29, 1.82) is 0 Å². The van der Waals surface area contributed by atoms with Gasteiger partial charge in [0.1, 0.15) is 12.4 Å². The van der Waals surface area contributed by atoms with E-state index in [-0.39, 0.29) is 5.91 Å². The number of hydrogen-bond acceptors (Lipinski definition) is 4. The molecule has 0 saturated carbocycles. The van der Waals surface area contributed by atoms with Crippen molar-refractivity contribution in [1.82, 2.24) is 9.78 Å². The van der Waals surface area contributed by atoms with Gasteiger partial charge < -0.3 is 10.1 Å². The second kappa shape index (κ2) is 8.30. The van der Waals surface area contributed by atoms with Crippen molar-refractivity contribution in [2.75, 3.05) is 11.9 Å². The molecule has 0 radical (unpaired) electrons. The summed E-state index contributed by atoms with van der Waals surface area (Å²) in [4.78, 5) is 14.3. The summed E-state index contributed by atoms with van der Waals surface area (Å²) in [6, 6.07) is 13.3. The molecule has 0 unspecified atom stereocenters. The number of nitrogens with zero attached hydrogens (tertiary/aromatic N) is 2. The van der Waals surface area contributed by atoms with Crippen LogP contribution in [0.3, 0.4) is 0 Å². The van der Waals surface area contributed by atoms with Gasteiger partial charge in [0, 0.05) is 40.0 Å². The maximum Gasteiger partial charge on any atom is 0.248 e. The highest BCUT2D eigenvalue weighted by Crippen LogP contribution is 2.18. The molecular formula is C19H19N3O2S.